The van der Waals surface area contributed by atoms with E-state index in [9.17, 15) is 0 Å². The van der Waals surface area contributed by atoms with Crippen LogP contribution in [0.25, 0.3) is 0 Å². The fraction of sp³-hybridized carbons (Fsp3) is 1.00. The predicted octanol–water partition coefficient (Wildman–Crippen LogP) is 0.451. The van der Waals surface area contributed by atoms with Crippen molar-refractivity contribution in [3.8, 4) is 0 Å². The molecule has 1 saturated heterocycles. The van der Waals surface area contributed by atoms with Crippen molar-refractivity contribution in [2.75, 3.05) is 26.2 Å². The second kappa shape index (κ2) is 3.94. The van der Waals surface area contributed by atoms with E-state index in [4.69, 9.17) is 0 Å². The lowest BCUT2D eigenvalue weighted by Gasteiger charge is -2.21. The zero-order chi connectivity index (χ0) is 7.40. The van der Waals surface area contributed by atoms with Crippen molar-refractivity contribution in [2.24, 2.45) is 11.8 Å². The summed E-state index contributed by atoms with van der Waals surface area (Å²) < 4.78 is 0. The fourth-order valence-corrected chi connectivity index (χ4v) is 1.30. The summed E-state index contributed by atoms with van der Waals surface area (Å²) in [5, 5.41) is 6.89. The van der Waals surface area contributed by atoms with Gasteiger partial charge in [-0.1, -0.05) is 13.8 Å². The molecule has 0 aromatic heterocycles. The third-order valence-electron chi connectivity index (χ3n) is 1.97. The van der Waals surface area contributed by atoms with Gasteiger partial charge in [0.25, 0.3) is 0 Å². The molecule has 2 nitrogen and oxygen atoms in total. The van der Waals surface area contributed by atoms with Crippen LogP contribution in [0.5, 0.6) is 0 Å². The van der Waals surface area contributed by atoms with Crippen LogP contribution in [0.3, 0.4) is 0 Å². The monoisotopic (exact) mass is 142 g/mol. The molecule has 1 rings (SSSR count). The van der Waals surface area contributed by atoms with Crippen LogP contribution in [0, 0.1) is 11.8 Å². The minimum Gasteiger partial charge on any atom is -0.316 e. The Kier molecular flexibility index (Phi) is 3.16. The van der Waals surface area contributed by atoms with Crippen molar-refractivity contribution in [2.45, 2.75) is 13.8 Å². The van der Waals surface area contributed by atoms with Gasteiger partial charge in [0.15, 0.2) is 0 Å². The average molecular weight is 142 g/mol. The normalized spacial score (nSPS) is 36.6. The van der Waals surface area contributed by atoms with Crippen molar-refractivity contribution in [1.82, 2.24) is 10.6 Å². The molecular weight excluding hydrogens is 124 g/mol. The molecule has 0 unspecified atom stereocenters. The lowest BCUT2D eigenvalue weighted by atomic mass is 10.1. The number of rotatable bonds is 0. The Morgan fingerprint density at radius 2 is 1.10 bits per heavy atom. The predicted molar refractivity (Wildman–Crippen MR) is 44.1 cm³/mol. The van der Waals surface area contributed by atoms with Crippen molar-refractivity contribution in [1.29, 1.82) is 0 Å². The standard InChI is InChI=1S/C8H18N2/c1-7-3-9-5-8(2)6-10-4-7/h7-10H,3-6H2,1-2H3. The van der Waals surface area contributed by atoms with Gasteiger partial charge in [0, 0.05) is 0 Å². The summed E-state index contributed by atoms with van der Waals surface area (Å²) in [4.78, 5) is 0. The molecule has 0 amide bonds. The van der Waals surface area contributed by atoms with E-state index < -0.39 is 0 Å². The molecule has 1 heterocycles. The molecule has 1 aliphatic rings. The van der Waals surface area contributed by atoms with Crippen LogP contribution in [-0.4, -0.2) is 26.2 Å². The van der Waals surface area contributed by atoms with Crippen LogP contribution in [0.4, 0.5) is 0 Å². The zero-order valence-corrected chi connectivity index (χ0v) is 6.98. The maximum Gasteiger partial charge on any atom is -0.00109 e. The molecule has 0 radical (unpaired) electrons. The Bertz CT molecular complexity index is 73.3. The van der Waals surface area contributed by atoms with Gasteiger partial charge in [-0.15, -0.1) is 0 Å². The van der Waals surface area contributed by atoms with Crippen LogP contribution >= 0.6 is 0 Å². The highest BCUT2D eigenvalue weighted by Crippen LogP contribution is 1.97. The van der Waals surface area contributed by atoms with Crippen LogP contribution in [0.2, 0.25) is 0 Å². The zero-order valence-electron chi connectivity index (χ0n) is 6.98. The van der Waals surface area contributed by atoms with E-state index in [0.29, 0.717) is 0 Å². The Hall–Kier alpha value is -0.0800. The van der Waals surface area contributed by atoms with E-state index >= 15 is 0 Å². The highest BCUT2D eigenvalue weighted by atomic mass is 14.9. The fourth-order valence-electron chi connectivity index (χ4n) is 1.30. The summed E-state index contributed by atoms with van der Waals surface area (Å²) >= 11 is 0. The molecular formula is C8H18N2. The van der Waals surface area contributed by atoms with E-state index in [-0.39, 0.29) is 0 Å². The summed E-state index contributed by atoms with van der Waals surface area (Å²) in [6, 6.07) is 0. The van der Waals surface area contributed by atoms with Gasteiger partial charge in [0.2, 0.25) is 0 Å². The van der Waals surface area contributed by atoms with Gasteiger partial charge in [0.05, 0.1) is 0 Å². The number of nitrogens with one attached hydrogen (secondary N) is 2. The highest BCUT2D eigenvalue weighted by molar-refractivity contribution is 4.68. The van der Waals surface area contributed by atoms with Crippen molar-refractivity contribution in [3.63, 3.8) is 0 Å². The number of hydrogen-bond acceptors (Lipinski definition) is 2. The minimum absolute atomic E-state index is 0.785. The summed E-state index contributed by atoms with van der Waals surface area (Å²) in [5.74, 6) is 1.57. The lowest BCUT2D eigenvalue weighted by molar-refractivity contribution is 0.379. The van der Waals surface area contributed by atoms with Crippen LogP contribution in [0.15, 0.2) is 0 Å². The molecule has 1 aliphatic heterocycles. The lowest BCUT2D eigenvalue weighted by Crippen LogP contribution is -2.39. The molecule has 60 valence electrons. The topological polar surface area (TPSA) is 24.1 Å². The maximum absolute atomic E-state index is 3.45. The highest BCUT2D eigenvalue weighted by Gasteiger charge is 2.08. The average Bonchev–Trinajstić information content (AvgIpc) is 1.84. The van der Waals surface area contributed by atoms with E-state index in [1.807, 2.05) is 0 Å². The molecule has 0 bridgehead atoms. The first-order valence-electron chi connectivity index (χ1n) is 4.20. The molecule has 2 N–H and O–H groups in total. The molecule has 0 aromatic rings. The van der Waals surface area contributed by atoms with Gasteiger partial charge < -0.3 is 10.6 Å². The maximum atomic E-state index is 3.45. The van der Waals surface area contributed by atoms with E-state index in [1.54, 1.807) is 0 Å². The van der Waals surface area contributed by atoms with Crippen LogP contribution in [-0.2, 0) is 0 Å². The van der Waals surface area contributed by atoms with Crippen molar-refractivity contribution < 1.29 is 0 Å². The molecule has 2 heteroatoms. The van der Waals surface area contributed by atoms with Gasteiger partial charge in [-0.25, -0.2) is 0 Å². The number of hydrogen-bond donors (Lipinski definition) is 2. The minimum atomic E-state index is 0.785. The third kappa shape index (κ3) is 2.67. The second-order valence-corrected chi connectivity index (χ2v) is 3.53. The van der Waals surface area contributed by atoms with Gasteiger partial charge in [-0.3, -0.25) is 0 Å². The largest absolute Gasteiger partial charge is 0.316 e. The Morgan fingerprint density at radius 3 is 1.40 bits per heavy atom. The quantitative estimate of drug-likeness (QED) is 0.513. The summed E-state index contributed by atoms with van der Waals surface area (Å²) in [6.07, 6.45) is 0. The first-order valence-corrected chi connectivity index (χ1v) is 4.20. The third-order valence-corrected chi connectivity index (χ3v) is 1.97. The van der Waals surface area contributed by atoms with Crippen molar-refractivity contribution in [3.05, 3.63) is 0 Å². The molecule has 0 aliphatic carbocycles. The Labute approximate surface area is 63.4 Å². The van der Waals surface area contributed by atoms with E-state index in [2.05, 4.69) is 24.5 Å². The molecule has 10 heavy (non-hydrogen) atoms. The summed E-state index contributed by atoms with van der Waals surface area (Å²) in [5.41, 5.74) is 0. The van der Waals surface area contributed by atoms with E-state index in [1.165, 1.54) is 0 Å². The molecule has 0 aromatic carbocycles. The molecule has 0 spiro atoms. The SMILES string of the molecule is CC1CNCC(C)CNC1. The smallest absolute Gasteiger partial charge is 0.00109 e. The van der Waals surface area contributed by atoms with Gasteiger partial charge >= 0.3 is 0 Å². The first kappa shape index (κ1) is 8.02. The second-order valence-electron chi connectivity index (χ2n) is 3.53. The molecule has 0 saturated carbocycles. The van der Waals surface area contributed by atoms with Gasteiger partial charge in [-0.2, -0.15) is 0 Å². The summed E-state index contributed by atoms with van der Waals surface area (Å²) in [7, 11) is 0. The Balaban J connectivity index is 2.21. The van der Waals surface area contributed by atoms with E-state index in [0.717, 1.165) is 38.0 Å². The van der Waals surface area contributed by atoms with Gasteiger partial charge in [0.1, 0.15) is 0 Å². The summed E-state index contributed by atoms with van der Waals surface area (Å²) in [6.45, 7) is 9.20. The van der Waals surface area contributed by atoms with Crippen molar-refractivity contribution >= 4 is 0 Å². The first-order chi connectivity index (χ1) is 4.79. The van der Waals surface area contributed by atoms with Gasteiger partial charge in [-0.05, 0) is 38.0 Å². The van der Waals surface area contributed by atoms with Crippen LogP contribution < -0.4 is 10.6 Å². The van der Waals surface area contributed by atoms with Crippen LogP contribution in [0.1, 0.15) is 13.8 Å². The molecule has 0 atom stereocenters. The Morgan fingerprint density at radius 1 is 0.800 bits per heavy atom. The molecule has 1 fully saturated rings.